The topological polar surface area (TPSA) is 24.9 Å². The van der Waals surface area contributed by atoms with Crippen LogP contribution < -0.4 is 5.32 Å². The molecule has 112 valence electrons. The van der Waals surface area contributed by atoms with Crippen LogP contribution in [0.3, 0.4) is 0 Å². The maximum absolute atomic E-state index is 4.58. The fraction of sp³-hybridized carbons (Fsp3) is 0.500. The molecule has 0 bridgehead atoms. The Morgan fingerprint density at radius 3 is 2.62 bits per heavy atom. The van der Waals surface area contributed by atoms with Gasteiger partial charge in [0.2, 0.25) is 0 Å². The summed E-state index contributed by atoms with van der Waals surface area (Å²) in [4.78, 5) is 4.58. The molecule has 0 amide bonds. The molecule has 21 heavy (non-hydrogen) atoms. The number of aromatic nitrogens is 1. The summed E-state index contributed by atoms with van der Waals surface area (Å²) in [5.41, 5.74) is 2.60. The molecule has 2 nitrogen and oxygen atoms in total. The fourth-order valence-electron chi connectivity index (χ4n) is 3.39. The summed E-state index contributed by atoms with van der Waals surface area (Å²) in [6, 6.07) is 11.4. The highest BCUT2D eigenvalue weighted by atomic mass is 32.1. The Bertz CT molecular complexity index is 543. The van der Waals surface area contributed by atoms with Crippen LogP contribution in [0.15, 0.2) is 35.7 Å². The molecule has 0 spiro atoms. The number of hydrogen-bond donors (Lipinski definition) is 1. The van der Waals surface area contributed by atoms with E-state index in [0.717, 1.165) is 17.5 Å². The van der Waals surface area contributed by atoms with Crippen LogP contribution in [0.4, 0.5) is 0 Å². The van der Waals surface area contributed by atoms with Crippen molar-refractivity contribution in [1.29, 1.82) is 0 Å². The number of hydrogen-bond acceptors (Lipinski definition) is 3. The largest absolute Gasteiger partial charge is 0.304 e. The number of nitrogens with zero attached hydrogens (tertiary/aromatic N) is 1. The Morgan fingerprint density at radius 2 is 1.95 bits per heavy atom. The maximum Gasteiger partial charge on any atom is 0.0897 e. The van der Waals surface area contributed by atoms with E-state index in [0.29, 0.717) is 6.04 Å². The van der Waals surface area contributed by atoms with Crippen LogP contribution in [-0.2, 0) is 6.54 Å². The summed E-state index contributed by atoms with van der Waals surface area (Å²) in [6.07, 6.45) is 6.87. The van der Waals surface area contributed by atoms with Crippen molar-refractivity contribution in [2.24, 2.45) is 5.92 Å². The Kier molecular flexibility index (Phi) is 5.04. The number of aryl methyl sites for hydroxylation is 1. The first kappa shape index (κ1) is 14.7. The van der Waals surface area contributed by atoms with Crippen molar-refractivity contribution < 1.29 is 0 Å². The van der Waals surface area contributed by atoms with Gasteiger partial charge in [-0.2, -0.15) is 0 Å². The van der Waals surface area contributed by atoms with Crippen molar-refractivity contribution >= 4 is 11.3 Å². The normalized spacial score (nSPS) is 17.8. The molecule has 1 aliphatic rings. The first-order valence-electron chi connectivity index (χ1n) is 8.02. The monoisotopic (exact) mass is 300 g/mol. The third-order valence-electron chi connectivity index (χ3n) is 4.45. The van der Waals surface area contributed by atoms with E-state index in [1.54, 1.807) is 11.3 Å². The van der Waals surface area contributed by atoms with E-state index in [9.17, 15) is 0 Å². The van der Waals surface area contributed by atoms with Gasteiger partial charge in [-0.1, -0.05) is 49.6 Å². The van der Waals surface area contributed by atoms with Gasteiger partial charge < -0.3 is 5.32 Å². The van der Waals surface area contributed by atoms with Gasteiger partial charge in [0, 0.05) is 18.0 Å². The zero-order valence-corrected chi connectivity index (χ0v) is 13.5. The molecule has 1 fully saturated rings. The Balaban J connectivity index is 1.72. The number of nitrogens with one attached hydrogen (secondary N) is 1. The fourth-order valence-corrected chi connectivity index (χ4v) is 4.00. The van der Waals surface area contributed by atoms with Crippen LogP contribution in [-0.4, -0.2) is 4.98 Å². The van der Waals surface area contributed by atoms with Gasteiger partial charge >= 0.3 is 0 Å². The highest BCUT2D eigenvalue weighted by Crippen LogP contribution is 2.34. The Labute approximate surface area is 131 Å². The first-order valence-corrected chi connectivity index (χ1v) is 8.90. The van der Waals surface area contributed by atoms with E-state index in [-0.39, 0.29) is 0 Å². The van der Waals surface area contributed by atoms with Gasteiger partial charge in [-0.05, 0) is 31.2 Å². The smallest absolute Gasteiger partial charge is 0.0897 e. The molecule has 1 unspecified atom stereocenters. The number of thiazole rings is 1. The quantitative estimate of drug-likeness (QED) is 0.852. The summed E-state index contributed by atoms with van der Waals surface area (Å²) >= 11 is 1.74. The average molecular weight is 300 g/mol. The SMILES string of the molecule is Cc1nc(CNC(c2ccccc2)C2CCCCC2)cs1. The predicted octanol–water partition coefficient (Wildman–Crippen LogP) is 4.86. The van der Waals surface area contributed by atoms with E-state index < -0.39 is 0 Å². The van der Waals surface area contributed by atoms with Crippen molar-refractivity contribution in [3.63, 3.8) is 0 Å². The summed E-state index contributed by atoms with van der Waals surface area (Å²) in [7, 11) is 0. The molecule has 3 heteroatoms. The van der Waals surface area contributed by atoms with Gasteiger partial charge in [0.1, 0.15) is 0 Å². The number of rotatable bonds is 5. The van der Waals surface area contributed by atoms with Gasteiger partial charge in [-0.3, -0.25) is 0 Å². The lowest BCUT2D eigenvalue weighted by Crippen LogP contribution is -2.29. The Hall–Kier alpha value is -1.19. The number of benzene rings is 1. The average Bonchev–Trinajstić information content (AvgIpc) is 2.95. The van der Waals surface area contributed by atoms with Gasteiger partial charge in [0.25, 0.3) is 0 Å². The molecule has 1 aliphatic carbocycles. The van der Waals surface area contributed by atoms with Crippen LogP contribution >= 0.6 is 11.3 Å². The molecule has 0 aliphatic heterocycles. The minimum atomic E-state index is 0.466. The molecule has 3 rings (SSSR count). The molecule has 1 aromatic carbocycles. The molecule has 1 atom stereocenters. The van der Waals surface area contributed by atoms with E-state index >= 15 is 0 Å². The lowest BCUT2D eigenvalue weighted by Gasteiger charge is -2.31. The predicted molar refractivity (Wildman–Crippen MR) is 89.4 cm³/mol. The second-order valence-electron chi connectivity index (χ2n) is 6.03. The summed E-state index contributed by atoms with van der Waals surface area (Å²) in [5, 5.41) is 7.10. The van der Waals surface area contributed by atoms with E-state index in [1.165, 1.54) is 43.4 Å². The lowest BCUT2D eigenvalue weighted by molar-refractivity contribution is 0.269. The standard InChI is InChI=1S/C18H24N2S/c1-14-20-17(13-21-14)12-19-18(15-8-4-2-5-9-15)16-10-6-3-7-11-16/h2,4-5,8-9,13,16,18-19H,3,6-7,10-12H2,1H3. The van der Waals surface area contributed by atoms with Crippen LogP contribution in [0.2, 0.25) is 0 Å². The van der Waals surface area contributed by atoms with E-state index in [2.05, 4.69) is 52.9 Å². The molecule has 0 saturated heterocycles. The molecule has 1 N–H and O–H groups in total. The minimum absolute atomic E-state index is 0.466. The van der Waals surface area contributed by atoms with Crippen molar-refractivity contribution in [3.05, 3.63) is 52.0 Å². The van der Waals surface area contributed by atoms with Gasteiger partial charge in [0.15, 0.2) is 0 Å². The van der Waals surface area contributed by atoms with Crippen LogP contribution in [0.5, 0.6) is 0 Å². The maximum atomic E-state index is 4.58. The molecular formula is C18H24N2S. The molecule has 1 aromatic heterocycles. The zero-order chi connectivity index (χ0) is 14.5. The van der Waals surface area contributed by atoms with E-state index in [4.69, 9.17) is 0 Å². The molecule has 2 aromatic rings. The summed E-state index contributed by atoms with van der Waals surface area (Å²) in [6.45, 7) is 2.95. The van der Waals surface area contributed by atoms with Crippen LogP contribution in [0.1, 0.15) is 54.4 Å². The molecule has 1 saturated carbocycles. The highest BCUT2D eigenvalue weighted by molar-refractivity contribution is 7.09. The van der Waals surface area contributed by atoms with Crippen molar-refractivity contribution in [1.82, 2.24) is 10.3 Å². The lowest BCUT2D eigenvalue weighted by atomic mass is 9.81. The minimum Gasteiger partial charge on any atom is -0.304 e. The molecule has 1 heterocycles. The van der Waals surface area contributed by atoms with Crippen molar-refractivity contribution in [3.8, 4) is 0 Å². The summed E-state index contributed by atoms with van der Waals surface area (Å²) < 4.78 is 0. The zero-order valence-electron chi connectivity index (χ0n) is 12.7. The van der Waals surface area contributed by atoms with Gasteiger partial charge in [0.05, 0.1) is 10.7 Å². The van der Waals surface area contributed by atoms with E-state index in [1.807, 2.05) is 0 Å². The first-order chi connectivity index (χ1) is 10.3. The third-order valence-corrected chi connectivity index (χ3v) is 5.27. The summed E-state index contributed by atoms with van der Waals surface area (Å²) in [5.74, 6) is 0.765. The van der Waals surface area contributed by atoms with Crippen LogP contribution in [0.25, 0.3) is 0 Å². The molecule has 0 radical (unpaired) electrons. The van der Waals surface area contributed by atoms with Crippen molar-refractivity contribution in [2.75, 3.05) is 0 Å². The van der Waals surface area contributed by atoms with Crippen LogP contribution in [0, 0.1) is 12.8 Å². The second-order valence-corrected chi connectivity index (χ2v) is 7.09. The van der Waals surface area contributed by atoms with Gasteiger partial charge in [-0.25, -0.2) is 4.98 Å². The second kappa shape index (κ2) is 7.19. The Morgan fingerprint density at radius 1 is 1.19 bits per heavy atom. The van der Waals surface area contributed by atoms with Gasteiger partial charge in [-0.15, -0.1) is 11.3 Å². The molecular weight excluding hydrogens is 276 g/mol. The third kappa shape index (κ3) is 3.92. The highest BCUT2D eigenvalue weighted by Gasteiger charge is 2.24. The van der Waals surface area contributed by atoms with Crippen molar-refractivity contribution in [2.45, 2.75) is 51.6 Å².